The highest BCUT2D eigenvalue weighted by atomic mass is 16.3. The van der Waals surface area contributed by atoms with Gasteiger partial charge in [-0.05, 0) is 37.7 Å². The maximum atomic E-state index is 11.9. The van der Waals surface area contributed by atoms with Gasteiger partial charge >= 0.3 is 0 Å². The Morgan fingerprint density at radius 3 is 2.76 bits per heavy atom. The molecule has 0 aromatic heterocycles. The largest absolute Gasteiger partial charge is 0.388 e. The Balaban J connectivity index is 1.73. The van der Waals surface area contributed by atoms with E-state index in [0.717, 1.165) is 25.7 Å². The summed E-state index contributed by atoms with van der Waals surface area (Å²) < 4.78 is 0. The number of aryl methyl sites for hydroxylation is 2. The molecule has 1 amide bonds. The minimum atomic E-state index is -0.697. The highest BCUT2D eigenvalue weighted by Gasteiger charge is 2.32. The second-order valence-electron chi connectivity index (χ2n) is 6.69. The van der Waals surface area contributed by atoms with E-state index >= 15 is 0 Å². The molecule has 0 saturated heterocycles. The van der Waals surface area contributed by atoms with E-state index in [0.29, 0.717) is 18.9 Å². The van der Waals surface area contributed by atoms with E-state index in [1.807, 2.05) is 0 Å². The summed E-state index contributed by atoms with van der Waals surface area (Å²) in [4.78, 5) is 11.9. The molecular formula is C18H27NO2. The second-order valence-corrected chi connectivity index (χ2v) is 6.69. The molecule has 116 valence electrons. The summed E-state index contributed by atoms with van der Waals surface area (Å²) in [5, 5.41) is 13.4. The molecule has 0 heterocycles. The molecule has 0 spiro atoms. The molecule has 3 nitrogen and oxygen atoms in total. The first-order valence-electron chi connectivity index (χ1n) is 8.01. The number of hydrogen-bond donors (Lipinski definition) is 2. The zero-order valence-electron chi connectivity index (χ0n) is 13.2. The van der Waals surface area contributed by atoms with Gasteiger partial charge in [0.2, 0.25) is 5.91 Å². The number of hydrogen-bond acceptors (Lipinski definition) is 2. The molecule has 2 N–H and O–H groups in total. The van der Waals surface area contributed by atoms with Crippen molar-refractivity contribution in [3.05, 3.63) is 35.4 Å². The van der Waals surface area contributed by atoms with Gasteiger partial charge in [-0.25, -0.2) is 0 Å². The van der Waals surface area contributed by atoms with Crippen molar-refractivity contribution < 1.29 is 9.90 Å². The molecule has 2 rings (SSSR count). The summed E-state index contributed by atoms with van der Waals surface area (Å²) >= 11 is 0. The fraction of sp³-hybridized carbons (Fsp3) is 0.611. The van der Waals surface area contributed by atoms with Gasteiger partial charge in [-0.3, -0.25) is 4.79 Å². The minimum absolute atomic E-state index is 0.0298. The monoisotopic (exact) mass is 289 g/mol. The fourth-order valence-electron chi connectivity index (χ4n) is 3.16. The van der Waals surface area contributed by atoms with Crippen molar-refractivity contribution in [3.63, 3.8) is 0 Å². The summed E-state index contributed by atoms with van der Waals surface area (Å²) in [5.74, 6) is 0.579. The van der Waals surface area contributed by atoms with Crippen LogP contribution in [0.1, 0.15) is 50.2 Å². The molecule has 1 aliphatic rings. The molecule has 21 heavy (non-hydrogen) atoms. The first kappa shape index (κ1) is 16.0. The van der Waals surface area contributed by atoms with Gasteiger partial charge in [0.25, 0.3) is 0 Å². The van der Waals surface area contributed by atoms with Crippen molar-refractivity contribution in [3.8, 4) is 0 Å². The van der Waals surface area contributed by atoms with Gasteiger partial charge in [0.05, 0.1) is 5.60 Å². The minimum Gasteiger partial charge on any atom is -0.388 e. The van der Waals surface area contributed by atoms with E-state index in [-0.39, 0.29) is 5.91 Å². The van der Waals surface area contributed by atoms with Crippen molar-refractivity contribution in [2.75, 3.05) is 6.54 Å². The van der Waals surface area contributed by atoms with Crippen LogP contribution >= 0.6 is 0 Å². The number of carbonyl (C=O) groups excluding carboxylic acids is 1. The normalized spacial score (nSPS) is 25.6. The molecule has 1 fully saturated rings. The summed E-state index contributed by atoms with van der Waals surface area (Å²) in [6.07, 6.45) is 5.07. The number of nitrogens with one attached hydrogen (secondary N) is 1. The first-order valence-corrected chi connectivity index (χ1v) is 8.01. The maximum absolute atomic E-state index is 11.9. The van der Waals surface area contributed by atoms with E-state index in [4.69, 9.17) is 0 Å². The number of carbonyl (C=O) groups is 1. The number of benzene rings is 1. The van der Waals surface area contributed by atoms with E-state index < -0.39 is 5.60 Å². The van der Waals surface area contributed by atoms with Crippen molar-refractivity contribution in [1.82, 2.24) is 5.32 Å². The van der Waals surface area contributed by atoms with Crippen LogP contribution in [-0.4, -0.2) is 23.2 Å². The Morgan fingerprint density at radius 2 is 2.10 bits per heavy atom. The zero-order chi connectivity index (χ0) is 15.3. The lowest BCUT2D eigenvalue weighted by atomic mass is 9.79. The first-order chi connectivity index (χ1) is 9.97. The number of amides is 1. The molecule has 0 aliphatic heterocycles. The fourth-order valence-corrected chi connectivity index (χ4v) is 3.16. The second kappa shape index (κ2) is 7.08. The Bertz CT molecular complexity index is 469. The highest BCUT2D eigenvalue weighted by molar-refractivity contribution is 5.76. The third kappa shape index (κ3) is 5.16. The molecular weight excluding hydrogens is 262 g/mol. The van der Waals surface area contributed by atoms with Gasteiger partial charge in [-0.2, -0.15) is 0 Å². The van der Waals surface area contributed by atoms with Crippen LogP contribution in [0, 0.1) is 12.8 Å². The number of rotatable bonds is 5. The smallest absolute Gasteiger partial charge is 0.220 e. The summed E-state index contributed by atoms with van der Waals surface area (Å²) in [7, 11) is 0. The van der Waals surface area contributed by atoms with Crippen molar-refractivity contribution >= 4 is 5.91 Å². The molecule has 2 unspecified atom stereocenters. The average molecular weight is 289 g/mol. The van der Waals surface area contributed by atoms with Gasteiger partial charge in [0.15, 0.2) is 0 Å². The lowest BCUT2D eigenvalue weighted by Gasteiger charge is -2.35. The van der Waals surface area contributed by atoms with Gasteiger partial charge in [-0.1, -0.05) is 49.6 Å². The molecule has 1 saturated carbocycles. The molecule has 1 aromatic carbocycles. The SMILES string of the molecule is Cc1ccc(CCC(=O)NCC2(O)CCCC(C)C2)cc1. The van der Waals surface area contributed by atoms with Gasteiger partial charge in [-0.15, -0.1) is 0 Å². The third-order valence-corrected chi connectivity index (χ3v) is 4.44. The summed E-state index contributed by atoms with van der Waals surface area (Å²) in [5.41, 5.74) is 1.72. The summed E-state index contributed by atoms with van der Waals surface area (Å²) in [6.45, 7) is 4.62. The molecule has 0 bridgehead atoms. The zero-order valence-corrected chi connectivity index (χ0v) is 13.2. The van der Waals surface area contributed by atoms with Crippen molar-refractivity contribution in [2.24, 2.45) is 5.92 Å². The lowest BCUT2D eigenvalue weighted by molar-refractivity contribution is -0.122. The van der Waals surface area contributed by atoms with Crippen LogP contribution in [0.25, 0.3) is 0 Å². The van der Waals surface area contributed by atoms with Crippen molar-refractivity contribution in [1.29, 1.82) is 0 Å². The predicted molar refractivity (Wildman–Crippen MR) is 85.1 cm³/mol. The van der Waals surface area contributed by atoms with E-state index in [2.05, 4.69) is 43.4 Å². The van der Waals surface area contributed by atoms with Gasteiger partial charge < -0.3 is 10.4 Å². The van der Waals surface area contributed by atoms with E-state index in [1.54, 1.807) is 0 Å². The van der Waals surface area contributed by atoms with Gasteiger partial charge in [0.1, 0.15) is 0 Å². The van der Waals surface area contributed by atoms with Crippen LogP contribution in [0.3, 0.4) is 0 Å². The molecule has 1 aromatic rings. The molecule has 3 heteroatoms. The predicted octanol–water partition coefficient (Wildman–Crippen LogP) is 2.99. The third-order valence-electron chi connectivity index (χ3n) is 4.44. The average Bonchev–Trinajstić information content (AvgIpc) is 2.44. The van der Waals surface area contributed by atoms with Crippen LogP contribution in [0.4, 0.5) is 0 Å². The van der Waals surface area contributed by atoms with Crippen LogP contribution in [0.2, 0.25) is 0 Å². The number of aliphatic hydroxyl groups is 1. The highest BCUT2D eigenvalue weighted by Crippen LogP contribution is 2.31. The lowest BCUT2D eigenvalue weighted by Crippen LogP contribution is -2.45. The van der Waals surface area contributed by atoms with Gasteiger partial charge in [0, 0.05) is 13.0 Å². The molecule has 1 aliphatic carbocycles. The van der Waals surface area contributed by atoms with E-state index in [1.165, 1.54) is 17.5 Å². The standard InChI is InChI=1S/C18H27NO2/c1-14-5-7-16(8-6-14)9-10-17(20)19-13-18(21)11-3-4-15(2)12-18/h5-8,15,21H,3-4,9-13H2,1-2H3,(H,19,20). The van der Waals surface area contributed by atoms with Crippen molar-refractivity contribution in [2.45, 2.75) is 58.0 Å². The topological polar surface area (TPSA) is 49.3 Å². The Kier molecular flexibility index (Phi) is 5.40. The van der Waals surface area contributed by atoms with Crippen LogP contribution < -0.4 is 5.32 Å². The van der Waals surface area contributed by atoms with Crippen LogP contribution in [-0.2, 0) is 11.2 Å². The summed E-state index contributed by atoms with van der Waals surface area (Å²) in [6, 6.07) is 8.27. The van der Waals surface area contributed by atoms with Crippen LogP contribution in [0.5, 0.6) is 0 Å². The maximum Gasteiger partial charge on any atom is 0.220 e. The van der Waals surface area contributed by atoms with Crippen LogP contribution in [0.15, 0.2) is 24.3 Å². The Labute approximate surface area is 127 Å². The quantitative estimate of drug-likeness (QED) is 0.875. The van der Waals surface area contributed by atoms with E-state index in [9.17, 15) is 9.90 Å². The molecule has 0 radical (unpaired) electrons. The Hall–Kier alpha value is -1.35. The molecule has 2 atom stereocenters. The Morgan fingerprint density at radius 1 is 1.38 bits per heavy atom.